The highest BCUT2D eigenvalue weighted by Crippen LogP contribution is 2.38. The molecule has 2 heterocycles. The Kier molecular flexibility index (Phi) is 6.39. The Morgan fingerprint density at radius 3 is 2.46 bits per heavy atom. The van der Waals surface area contributed by atoms with E-state index in [0.717, 1.165) is 10.5 Å². The lowest BCUT2D eigenvalue weighted by molar-refractivity contribution is -0.132. The second-order valence-electron chi connectivity index (χ2n) is 8.51. The maximum atomic E-state index is 13.6. The molecule has 37 heavy (non-hydrogen) atoms. The van der Waals surface area contributed by atoms with Crippen LogP contribution in [0.4, 0.5) is 10.1 Å². The van der Waals surface area contributed by atoms with Gasteiger partial charge in [-0.2, -0.15) is 5.10 Å². The van der Waals surface area contributed by atoms with E-state index in [0.29, 0.717) is 39.9 Å². The van der Waals surface area contributed by atoms with E-state index >= 15 is 0 Å². The number of methoxy groups -OCH3 is 2. The van der Waals surface area contributed by atoms with E-state index in [-0.39, 0.29) is 11.4 Å². The Hall–Kier alpha value is -4.24. The number of carbonyl (C=O) groups is 3. The normalized spacial score (nSPS) is 16.6. The Labute approximate surface area is 216 Å². The molecule has 0 saturated carbocycles. The molecule has 0 N–H and O–H groups in total. The third kappa shape index (κ3) is 4.42. The van der Waals surface area contributed by atoms with Gasteiger partial charge < -0.3 is 9.47 Å². The predicted octanol–water partition coefficient (Wildman–Crippen LogP) is 4.40. The van der Waals surface area contributed by atoms with Gasteiger partial charge >= 0.3 is 0 Å². The zero-order valence-corrected chi connectivity index (χ0v) is 20.7. The summed E-state index contributed by atoms with van der Waals surface area (Å²) in [4.78, 5) is 39.9. The molecule has 10 heteroatoms. The fourth-order valence-corrected chi connectivity index (χ4v) is 4.69. The standard InChI is InChI=1S/C27H21ClFN3O5/c1-36-23-10-5-16(11-24(23)37-2)22-13-20(15-3-7-18(29)8-4-15)30-32(22)25(33)14-31-21-9-6-17(28)12-19(21)26(34)27(31)35/h3-12,22H,13-14H2,1-2H3. The first-order valence-electron chi connectivity index (χ1n) is 11.3. The molecule has 1 atom stereocenters. The SMILES string of the molecule is COc1ccc(C2CC(c3ccc(F)cc3)=NN2C(=O)CN2C(=O)C(=O)c3cc(Cl)ccc32)cc1OC. The van der Waals surface area contributed by atoms with Gasteiger partial charge in [0.05, 0.1) is 37.2 Å². The molecule has 0 aromatic heterocycles. The van der Waals surface area contributed by atoms with Crippen LogP contribution in [0.3, 0.4) is 0 Å². The summed E-state index contributed by atoms with van der Waals surface area (Å²) in [5.41, 5.74) is 2.43. The molecule has 0 saturated heterocycles. The van der Waals surface area contributed by atoms with Crippen LogP contribution in [0.25, 0.3) is 0 Å². The number of benzene rings is 3. The molecule has 188 valence electrons. The molecule has 3 aromatic carbocycles. The minimum absolute atomic E-state index is 0.152. The molecule has 8 nitrogen and oxygen atoms in total. The van der Waals surface area contributed by atoms with E-state index in [1.165, 1.54) is 43.5 Å². The second kappa shape index (κ2) is 9.67. The first-order valence-corrected chi connectivity index (χ1v) is 11.7. The van der Waals surface area contributed by atoms with Crippen LogP contribution in [-0.2, 0) is 9.59 Å². The molecule has 0 bridgehead atoms. The topological polar surface area (TPSA) is 88.5 Å². The molecule has 0 fully saturated rings. The Morgan fingerprint density at radius 1 is 1.03 bits per heavy atom. The third-order valence-electron chi connectivity index (χ3n) is 6.36. The van der Waals surface area contributed by atoms with E-state index in [2.05, 4.69) is 5.10 Å². The lowest BCUT2D eigenvalue weighted by Crippen LogP contribution is -2.40. The third-order valence-corrected chi connectivity index (χ3v) is 6.60. The van der Waals surface area contributed by atoms with Gasteiger partial charge in [0.25, 0.3) is 17.6 Å². The fourth-order valence-electron chi connectivity index (χ4n) is 4.51. The fraction of sp³-hybridized carbons (Fsp3) is 0.185. The van der Waals surface area contributed by atoms with Crippen molar-refractivity contribution in [3.63, 3.8) is 0 Å². The molecular formula is C27H21ClFN3O5. The number of hydrazone groups is 1. The number of amides is 2. The van der Waals surface area contributed by atoms with Gasteiger partial charge in [0.2, 0.25) is 0 Å². The van der Waals surface area contributed by atoms with Gasteiger partial charge in [0.1, 0.15) is 12.4 Å². The smallest absolute Gasteiger partial charge is 0.299 e. The molecule has 1 unspecified atom stereocenters. The summed E-state index contributed by atoms with van der Waals surface area (Å²) in [6, 6.07) is 15.1. The highest BCUT2D eigenvalue weighted by Gasteiger charge is 2.40. The summed E-state index contributed by atoms with van der Waals surface area (Å²) in [6.45, 7) is -0.400. The Balaban J connectivity index is 1.50. The van der Waals surface area contributed by atoms with Gasteiger partial charge in [-0.25, -0.2) is 9.40 Å². The van der Waals surface area contributed by atoms with Crippen molar-refractivity contribution >= 4 is 40.6 Å². The van der Waals surface area contributed by atoms with Crippen LogP contribution in [0.5, 0.6) is 11.5 Å². The average molecular weight is 522 g/mol. The summed E-state index contributed by atoms with van der Waals surface area (Å²) in [5, 5.41) is 6.17. The Bertz CT molecular complexity index is 1460. The lowest BCUT2D eigenvalue weighted by Gasteiger charge is -2.25. The summed E-state index contributed by atoms with van der Waals surface area (Å²) in [5.74, 6) is -1.41. The van der Waals surface area contributed by atoms with Crippen LogP contribution in [0, 0.1) is 5.82 Å². The number of hydrogen-bond acceptors (Lipinski definition) is 6. The zero-order chi connectivity index (χ0) is 26.3. The largest absolute Gasteiger partial charge is 0.493 e. The van der Waals surface area contributed by atoms with Crippen LogP contribution in [0.15, 0.2) is 65.8 Å². The number of rotatable bonds is 6. The van der Waals surface area contributed by atoms with Crippen molar-refractivity contribution in [3.8, 4) is 11.5 Å². The monoisotopic (exact) mass is 521 g/mol. The van der Waals surface area contributed by atoms with Gasteiger partial charge in [-0.05, 0) is 53.6 Å². The lowest BCUT2D eigenvalue weighted by atomic mass is 9.98. The van der Waals surface area contributed by atoms with Crippen molar-refractivity contribution in [1.82, 2.24) is 5.01 Å². The van der Waals surface area contributed by atoms with Crippen molar-refractivity contribution in [3.05, 3.63) is 88.2 Å². The number of nitrogens with zero attached hydrogens (tertiary/aromatic N) is 3. The summed E-state index contributed by atoms with van der Waals surface area (Å²) < 4.78 is 24.3. The van der Waals surface area contributed by atoms with Gasteiger partial charge in [-0.15, -0.1) is 0 Å². The van der Waals surface area contributed by atoms with E-state index in [1.54, 1.807) is 36.4 Å². The van der Waals surface area contributed by atoms with E-state index < -0.39 is 30.2 Å². The Morgan fingerprint density at radius 2 is 1.76 bits per heavy atom. The quantitative estimate of drug-likeness (QED) is 0.449. The van der Waals surface area contributed by atoms with Crippen LogP contribution in [0.2, 0.25) is 5.02 Å². The van der Waals surface area contributed by atoms with Gasteiger partial charge in [0.15, 0.2) is 11.5 Å². The number of hydrogen-bond donors (Lipinski definition) is 0. The maximum absolute atomic E-state index is 13.6. The molecule has 0 spiro atoms. The summed E-state index contributed by atoms with van der Waals surface area (Å²) >= 11 is 5.99. The van der Waals surface area contributed by atoms with Crippen molar-refractivity contribution in [2.75, 3.05) is 25.7 Å². The van der Waals surface area contributed by atoms with E-state index in [9.17, 15) is 18.8 Å². The van der Waals surface area contributed by atoms with Crippen molar-refractivity contribution in [1.29, 1.82) is 0 Å². The first kappa shape index (κ1) is 24.5. The molecule has 2 aliphatic rings. The molecule has 2 aliphatic heterocycles. The number of Topliss-reactive ketones (excluding diaryl/α,β-unsaturated/α-hetero) is 1. The number of ketones is 1. The van der Waals surface area contributed by atoms with Crippen molar-refractivity contribution in [2.45, 2.75) is 12.5 Å². The number of anilines is 1. The van der Waals surface area contributed by atoms with Gasteiger partial charge in [-0.1, -0.05) is 29.8 Å². The number of ether oxygens (including phenoxy) is 2. The van der Waals surface area contributed by atoms with Crippen LogP contribution >= 0.6 is 11.6 Å². The molecular weight excluding hydrogens is 501 g/mol. The minimum atomic E-state index is -0.810. The first-order chi connectivity index (χ1) is 17.8. The van der Waals surface area contributed by atoms with Crippen LogP contribution < -0.4 is 14.4 Å². The maximum Gasteiger partial charge on any atom is 0.299 e. The molecule has 0 radical (unpaired) electrons. The second-order valence-corrected chi connectivity index (χ2v) is 8.94. The van der Waals surface area contributed by atoms with Crippen LogP contribution in [-0.4, -0.2) is 49.1 Å². The number of halogens is 2. The molecule has 2 amide bonds. The van der Waals surface area contributed by atoms with Gasteiger partial charge in [-0.3, -0.25) is 19.3 Å². The highest BCUT2D eigenvalue weighted by molar-refractivity contribution is 6.53. The summed E-state index contributed by atoms with van der Waals surface area (Å²) in [7, 11) is 3.04. The average Bonchev–Trinajstić information content (AvgIpc) is 3.45. The highest BCUT2D eigenvalue weighted by atomic mass is 35.5. The molecule has 0 aliphatic carbocycles. The summed E-state index contributed by atoms with van der Waals surface area (Å²) in [6.07, 6.45) is 0.339. The van der Waals surface area contributed by atoms with E-state index in [1.807, 2.05) is 0 Å². The zero-order valence-electron chi connectivity index (χ0n) is 19.9. The number of carbonyl (C=O) groups excluding carboxylic acids is 3. The minimum Gasteiger partial charge on any atom is -0.493 e. The number of fused-ring (bicyclic) bond motifs is 1. The van der Waals surface area contributed by atoms with Crippen LogP contribution in [0.1, 0.15) is 33.9 Å². The predicted molar refractivity (Wildman–Crippen MR) is 135 cm³/mol. The van der Waals surface area contributed by atoms with Crippen molar-refractivity contribution < 1.29 is 28.2 Å². The van der Waals surface area contributed by atoms with Gasteiger partial charge in [0, 0.05) is 11.4 Å². The molecule has 3 aromatic rings. The molecule has 5 rings (SSSR count). The van der Waals surface area contributed by atoms with Crippen molar-refractivity contribution in [2.24, 2.45) is 5.10 Å². The van der Waals surface area contributed by atoms with E-state index in [4.69, 9.17) is 21.1 Å².